The second-order valence-electron chi connectivity index (χ2n) is 4.38. The lowest BCUT2D eigenvalue weighted by Gasteiger charge is -2.15. The van der Waals surface area contributed by atoms with E-state index in [-0.39, 0.29) is 12.7 Å². The lowest BCUT2D eigenvalue weighted by molar-refractivity contribution is 0.0634. The van der Waals surface area contributed by atoms with Gasteiger partial charge in [0.05, 0.1) is 18.7 Å². The van der Waals surface area contributed by atoms with Crippen molar-refractivity contribution in [3.05, 3.63) is 35.9 Å². The number of benzene rings is 1. The van der Waals surface area contributed by atoms with Crippen molar-refractivity contribution in [3.63, 3.8) is 0 Å². The van der Waals surface area contributed by atoms with Crippen LogP contribution in [0.4, 0.5) is 0 Å². The molecule has 0 aliphatic rings. The minimum absolute atomic E-state index is 0.0285. The number of aliphatic hydroxyl groups excluding tert-OH is 1. The van der Waals surface area contributed by atoms with Gasteiger partial charge in [-0.15, -0.1) is 0 Å². The van der Waals surface area contributed by atoms with E-state index in [1.807, 2.05) is 38.1 Å². The largest absolute Gasteiger partial charge is 0.472 e. The van der Waals surface area contributed by atoms with E-state index in [2.05, 4.69) is 4.98 Å². The Bertz CT molecular complexity index is 542. The predicted octanol–water partition coefficient (Wildman–Crippen LogP) is 2.53. The minimum Gasteiger partial charge on any atom is -0.472 e. The highest BCUT2D eigenvalue weighted by Crippen LogP contribution is 2.22. The molecule has 0 bridgehead atoms. The van der Waals surface area contributed by atoms with Crippen LogP contribution in [-0.2, 0) is 11.3 Å². The van der Waals surface area contributed by atoms with E-state index in [4.69, 9.17) is 9.47 Å². The quantitative estimate of drug-likeness (QED) is 0.868. The number of hydrogen-bond acceptors (Lipinski definition) is 4. The van der Waals surface area contributed by atoms with Gasteiger partial charge in [0.25, 0.3) is 0 Å². The van der Waals surface area contributed by atoms with Gasteiger partial charge in [-0.2, -0.15) is 0 Å². The molecule has 2 rings (SSSR count). The highest BCUT2D eigenvalue weighted by Gasteiger charge is 2.09. The summed E-state index contributed by atoms with van der Waals surface area (Å²) >= 11 is 0. The van der Waals surface area contributed by atoms with E-state index in [1.165, 1.54) is 0 Å². The molecule has 0 aliphatic carbocycles. The Kier molecular flexibility index (Phi) is 4.71. The monoisotopic (exact) mass is 261 g/mol. The molecule has 0 fully saturated rings. The van der Waals surface area contributed by atoms with Crippen molar-refractivity contribution in [2.75, 3.05) is 13.2 Å². The van der Waals surface area contributed by atoms with E-state index in [0.717, 1.165) is 16.5 Å². The third-order valence-corrected chi connectivity index (χ3v) is 2.83. The molecule has 102 valence electrons. The fourth-order valence-corrected chi connectivity index (χ4v) is 1.94. The first kappa shape index (κ1) is 13.8. The van der Waals surface area contributed by atoms with E-state index in [9.17, 15) is 5.11 Å². The van der Waals surface area contributed by atoms with Crippen molar-refractivity contribution in [1.29, 1.82) is 0 Å². The van der Waals surface area contributed by atoms with Crippen LogP contribution in [0, 0.1) is 0 Å². The first-order chi connectivity index (χ1) is 9.24. The first-order valence-corrected chi connectivity index (χ1v) is 6.48. The average molecular weight is 261 g/mol. The summed E-state index contributed by atoms with van der Waals surface area (Å²) in [6.45, 7) is 5.05. The highest BCUT2D eigenvalue weighted by atomic mass is 16.5. The van der Waals surface area contributed by atoms with Crippen LogP contribution in [-0.4, -0.2) is 29.4 Å². The molecule has 1 aromatic carbocycles. The number of aliphatic hydroxyl groups is 1. The number of nitrogens with zero attached hydrogens (tertiary/aromatic N) is 1. The number of ether oxygens (including phenoxy) is 2. The number of rotatable bonds is 6. The summed E-state index contributed by atoms with van der Waals surface area (Å²) in [5.41, 5.74) is 1.65. The van der Waals surface area contributed by atoms with Crippen molar-refractivity contribution in [2.45, 2.75) is 26.6 Å². The summed E-state index contributed by atoms with van der Waals surface area (Å²) in [7, 11) is 0. The molecule has 0 aliphatic heterocycles. The van der Waals surface area contributed by atoms with Crippen LogP contribution in [0.15, 0.2) is 30.3 Å². The number of pyridine rings is 1. The van der Waals surface area contributed by atoms with Gasteiger partial charge in [-0.05, 0) is 25.5 Å². The van der Waals surface area contributed by atoms with E-state index in [0.29, 0.717) is 19.1 Å². The second-order valence-corrected chi connectivity index (χ2v) is 4.38. The third-order valence-electron chi connectivity index (χ3n) is 2.83. The Morgan fingerprint density at radius 1 is 1.32 bits per heavy atom. The molecule has 1 N–H and O–H groups in total. The van der Waals surface area contributed by atoms with Crippen molar-refractivity contribution in [2.24, 2.45) is 0 Å². The summed E-state index contributed by atoms with van der Waals surface area (Å²) in [5.74, 6) is 0.523. The maximum atomic E-state index is 9.43. The van der Waals surface area contributed by atoms with Crippen molar-refractivity contribution in [3.8, 4) is 5.88 Å². The molecule has 2 aromatic rings. The molecule has 1 aromatic heterocycles. The molecule has 19 heavy (non-hydrogen) atoms. The summed E-state index contributed by atoms with van der Waals surface area (Å²) in [6.07, 6.45) is -0.0693. The van der Waals surface area contributed by atoms with Crippen LogP contribution >= 0.6 is 0 Å². The SMILES string of the molecule is CCOCC(C)Oc1cc(CO)c2ccccc2n1. The third kappa shape index (κ3) is 3.43. The Morgan fingerprint density at radius 3 is 2.84 bits per heavy atom. The molecule has 1 atom stereocenters. The maximum absolute atomic E-state index is 9.43. The molecule has 4 nitrogen and oxygen atoms in total. The Labute approximate surface area is 113 Å². The van der Waals surface area contributed by atoms with Gasteiger partial charge in [0, 0.05) is 18.1 Å². The molecular formula is C15H19NO3. The lowest BCUT2D eigenvalue weighted by Crippen LogP contribution is -2.19. The van der Waals surface area contributed by atoms with E-state index < -0.39 is 0 Å². The van der Waals surface area contributed by atoms with Crippen molar-refractivity contribution < 1.29 is 14.6 Å². The predicted molar refractivity (Wildman–Crippen MR) is 74.2 cm³/mol. The fourth-order valence-electron chi connectivity index (χ4n) is 1.94. The smallest absolute Gasteiger partial charge is 0.214 e. The van der Waals surface area contributed by atoms with Crippen LogP contribution in [0.5, 0.6) is 5.88 Å². The summed E-state index contributed by atoms with van der Waals surface area (Å²) in [5, 5.41) is 10.4. The summed E-state index contributed by atoms with van der Waals surface area (Å²) in [6, 6.07) is 9.49. The number of para-hydroxylation sites is 1. The van der Waals surface area contributed by atoms with Gasteiger partial charge in [-0.1, -0.05) is 18.2 Å². The van der Waals surface area contributed by atoms with Gasteiger partial charge >= 0.3 is 0 Å². The molecule has 0 radical (unpaired) electrons. The van der Waals surface area contributed by atoms with Crippen LogP contribution in [0.3, 0.4) is 0 Å². The Balaban J connectivity index is 2.24. The highest BCUT2D eigenvalue weighted by molar-refractivity contribution is 5.82. The van der Waals surface area contributed by atoms with Gasteiger partial charge in [-0.25, -0.2) is 4.98 Å². The number of aromatic nitrogens is 1. The Morgan fingerprint density at radius 2 is 2.11 bits per heavy atom. The van der Waals surface area contributed by atoms with Gasteiger partial charge in [-0.3, -0.25) is 0 Å². The van der Waals surface area contributed by atoms with Gasteiger partial charge in [0.2, 0.25) is 5.88 Å². The zero-order chi connectivity index (χ0) is 13.7. The number of hydrogen-bond donors (Lipinski definition) is 1. The van der Waals surface area contributed by atoms with Crippen LogP contribution in [0.25, 0.3) is 10.9 Å². The average Bonchev–Trinajstić information content (AvgIpc) is 2.44. The van der Waals surface area contributed by atoms with Crippen LogP contribution in [0.2, 0.25) is 0 Å². The molecular weight excluding hydrogens is 242 g/mol. The molecule has 0 spiro atoms. The topological polar surface area (TPSA) is 51.6 Å². The molecule has 0 amide bonds. The summed E-state index contributed by atoms with van der Waals surface area (Å²) < 4.78 is 11.0. The van der Waals surface area contributed by atoms with E-state index in [1.54, 1.807) is 6.07 Å². The molecule has 1 unspecified atom stereocenters. The molecule has 0 saturated heterocycles. The zero-order valence-corrected chi connectivity index (χ0v) is 11.3. The van der Waals surface area contributed by atoms with Crippen LogP contribution < -0.4 is 4.74 Å². The van der Waals surface area contributed by atoms with Gasteiger partial charge in [0.1, 0.15) is 6.10 Å². The lowest BCUT2D eigenvalue weighted by atomic mass is 10.1. The molecule has 4 heteroatoms. The first-order valence-electron chi connectivity index (χ1n) is 6.48. The van der Waals surface area contributed by atoms with Crippen molar-refractivity contribution >= 4 is 10.9 Å². The molecule has 0 saturated carbocycles. The van der Waals surface area contributed by atoms with Gasteiger partial charge in [0.15, 0.2) is 0 Å². The van der Waals surface area contributed by atoms with Crippen LogP contribution in [0.1, 0.15) is 19.4 Å². The molecule has 1 heterocycles. The zero-order valence-electron chi connectivity index (χ0n) is 11.3. The summed E-state index contributed by atoms with van der Waals surface area (Å²) in [4.78, 5) is 4.44. The standard InChI is InChI=1S/C15H19NO3/c1-3-18-10-11(2)19-15-8-12(9-17)13-6-4-5-7-14(13)16-15/h4-8,11,17H,3,9-10H2,1-2H3. The fraction of sp³-hybridized carbons (Fsp3) is 0.400. The normalized spacial score (nSPS) is 12.6. The maximum Gasteiger partial charge on any atom is 0.214 e. The Hall–Kier alpha value is -1.65. The van der Waals surface area contributed by atoms with E-state index >= 15 is 0 Å². The second kappa shape index (κ2) is 6.50. The van der Waals surface area contributed by atoms with Gasteiger partial charge < -0.3 is 14.6 Å². The number of fused-ring (bicyclic) bond motifs is 1. The van der Waals surface area contributed by atoms with Crippen molar-refractivity contribution in [1.82, 2.24) is 4.98 Å². The minimum atomic E-state index is -0.0693.